The Balaban J connectivity index is 2.16. The summed E-state index contributed by atoms with van der Waals surface area (Å²) in [7, 11) is -3.60. The average Bonchev–Trinajstić information content (AvgIpc) is 3.00. The van der Waals surface area contributed by atoms with Gasteiger partial charge in [-0.05, 0) is 31.9 Å². The topological polar surface area (TPSA) is 49.9 Å². The first-order valence-electron chi connectivity index (χ1n) is 7.69. The molecule has 120 valence electrons. The highest BCUT2D eigenvalue weighted by Gasteiger charge is 2.37. The normalized spacial score (nSPS) is 24.4. The molecule has 22 heavy (non-hydrogen) atoms. The van der Waals surface area contributed by atoms with Crippen LogP contribution in [0.3, 0.4) is 0 Å². The monoisotopic (exact) mass is 322 g/mol. The second-order valence-corrected chi connectivity index (χ2v) is 7.65. The van der Waals surface area contributed by atoms with Crippen molar-refractivity contribution in [2.45, 2.75) is 30.7 Å². The number of hydrogen-bond donors (Lipinski definition) is 0. The van der Waals surface area contributed by atoms with Crippen LogP contribution < -0.4 is 9.64 Å². The Hall–Kier alpha value is -1.53. The predicted octanol–water partition coefficient (Wildman–Crippen LogP) is 2.24. The minimum Gasteiger partial charge on any atom is -0.490 e. The van der Waals surface area contributed by atoms with Gasteiger partial charge in [-0.1, -0.05) is 12.1 Å². The number of anilines is 1. The van der Waals surface area contributed by atoms with E-state index >= 15 is 0 Å². The fourth-order valence-electron chi connectivity index (χ4n) is 3.14. The second-order valence-electron chi connectivity index (χ2n) is 5.82. The molecule has 0 bridgehead atoms. The molecule has 5 nitrogen and oxygen atoms in total. The molecule has 3 rings (SSSR count). The Kier molecular flexibility index (Phi) is 4.14. The summed E-state index contributed by atoms with van der Waals surface area (Å²) in [6.45, 7) is 7.97. The number of rotatable bonds is 3. The lowest BCUT2D eigenvalue weighted by Crippen LogP contribution is -2.40. The van der Waals surface area contributed by atoms with Crippen molar-refractivity contribution in [3.05, 3.63) is 30.9 Å². The summed E-state index contributed by atoms with van der Waals surface area (Å²) >= 11 is 0. The molecule has 0 amide bonds. The van der Waals surface area contributed by atoms with Gasteiger partial charge in [0.05, 0.1) is 11.7 Å². The first-order valence-corrected chi connectivity index (χ1v) is 9.13. The molecule has 0 aliphatic carbocycles. The number of fused-ring (bicyclic) bond motifs is 1. The molecule has 6 heteroatoms. The lowest BCUT2D eigenvalue weighted by Gasteiger charge is -2.26. The first-order chi connectivity index (χ1) is 10.6. The van der Waals surface area contributed by atoms with Gasteiger partial charge in [-0.25, -0.2) is 8.42 Å². The molecule has 1 fully saturated rings. The molecular formula is C16H22N2O3S. The minimum atomic E-state index is -3.60. The van der Waals surface area contributed by atoms with E-state index in [4.69, 9.17) is 4.74 Å². The fraction of sp³-hybridized carbons (Fsp3) is 0.500. The molecule has 2 heterocycles. The van der Waals surface area contributed by atoms with Crippen molar-refractivity contribution < 1.29 is 13.2 Å². The van der Waals surface area contributed by atoms with Crippen molar-refractivity contribution in [1.29, 1.82) is 0 Å². The summed E-state index contributed by atoms with van der Waals surface area (Å²) < 4.78 is 33.6. The SMILES string of the molecule is C=CCN1[C@H](C)COc2cccc(N3CCCC3)c2S1(=O)=O. The average molecular weight is 322 g/mol. The highest BCUT2D eigenvalue weighted by molar-refractivity contribution is 7.89. The maximum Gasteiger partial charge on any atom is 0.249 e. The summed E-state index contributed by atoms with van der Waals surface area (Å²) in [4.78, 5) is 2.45. The van der Waals surface area contributed by atoms with Gasteiger partial charge in [-0.3, -0.25) is 0 Å². The second kappa shape index (κ2) is 5.93. The maximum atomic E-state index is 13.2. The lowest BCUT2D eigenvalue weighted by molar-refractivity contribution is 0.232. The summed E-state index contributed by atoms with van der Waals surface area (Å²) in [6, 6.07) is 5.28. The Morgan fingerprint density at radius 1 is 1.36 bits per heavy atom. The smallest absolute Gasteiger partial charge is 0.249 e. The Bertz CT molecular complexity index is 666. The molecule has 2 aliphatic rings. The zero-order valence-electron chi connectivity index (χ0n) is 12.9. The molecule has 0 aromatic heterocycles. The van der Waals surface area contributed by atoms with Crippen LogP contribution in [0.4, 0.5) is 5.69 Å². The van der Waals surface area contributed by atoms with Crippen LogP contribution in [0.15, 0.2) is 35.7 Å². The lowest BCUT2D eigenvalue weighted by atomic mass is 10.2. The molecule has 0 spiro atoms. The molecular weight excluding hydrogens is 300 g/mol. The van der Waals surface area contributed by atoms with Gasteiger partial charge in [-0.2, -0.15) is 4.31 Å². The summed E-state index contributed by atoms with van der Waals surface area (Å²) in [5.41, 5.74) is 0.762. The highest BCUT2D eigenvalue weighted by atomic mass is 32.2. The van der Waals surface area contributed by atoms with Crippen LogP contribution in [0.1, 0.15) is 19.8 Å². The largest absolute Gasteiger partial charge is 0.490 e. The van der Waals surface area contributed by atoms with E-state index in [2.05, 4.69) is 11.5 Å². The van der Waals surface area contributed by atoms with Crippen molar-refractivity contribution in [3.63, 3.8) is 0 Å². The summed E-state index contributed by atoms with van der Waals surface area (Å²) in [5, 5.41) is 0. The molecule has 0 saturated carbocycles. The van der Waals surface area contributed by atoms with Gasteiger partial charge in [0.1, 0.15) is 17.3 Å². The van der Waals surface area contributed by atoms with E-state index in [-0.39, 0.29) is 6.04 Å². The van der Waals surface area contributed by atoms with E-state index in [1.165, 1.54) is 4.31 Å². The van der Waals surface area contributed by atoms with Crippen LogP contribution in [0.25, 0.3) is 0 Å². The fourth-order valence-corrected chi connectivity index (χ4v) is 5.05. The molecule has 0 unspecified atom stereocenters. The number of hydrogen-bond acceptors (Lipinski definition) is 4. The van der Waals surface area contributed by atoms with Crippen LogP contribution in [0, 0.1) is 0 Å². The maximum absolute atomic E-state index is 13.2. The molecule has 1 aromatic rings. The van der Waals surface area contributed by atoms with Gasteiger partial charge in [0.2, 0.25) is 10.0 Å². The van der Waals surface area contributed by atoms with Crippen LogP contribution in [-0.2, 0) is 10.0 Å². The Labute approximate surface area is 132 Å². The quantitative estimate of drug-likeness (QED) is 0.801. The Morgan fingerprint density at radius 2 is 2.09 bits per heavy atom. The van der Waals surface area contributed by atoms with E-state index in [0.29, 0.717) is 23.8 Å². The zero-order valence-corrected chi connectivity index (χ0v) is 13.7. The van der Waals surface area contributed by atoms with Crippen LogP contribution >= 0.6 is 0 Å². The minimum absolute atomic E-state index is 0.221. The van der Waals surface area contributed by atoms with E-state index in [0.717, 1.165) is 31.6 Å². The molecule has 0 radical (unpaired) electrons. The third-order valence-electron chi connectivity index (χ3n) is 4.25. The van der Waals surface area contributed by atoms with Crippen molar-refractivity contribution in [3.8, 4) is 5.75 Å². The van der Waals surface area contributed by atoms with E-state index in [1.807, 2.05) is 19.1 Å². The van der Waals surface area contributed by atoms with Gasteiger partial charge in [0.15, 0.2) is 0 Å². The van der Waals surface area contributed by atoms with Crippen molar-refractivity contribution in [2.24, 2.45) is 0 Å². The van der Waals surface area contributed by atoms with Crippen LogP contribution in [0.2, 0.25) is 0 Å². The van der Waals surface area contributed by atoms with Gasteiger partial charge >= 0.3 is 0 Å². The molecule has 0 N–H and O–H groups in total. The molecule has 1 aromatic carbocycles. The van der Waals surface area contributed by atoms with E-state index < -0.39 is 10.0 Å². The van der Waals surface area contributed by atoms with E-state index in [1.54, 1.807) is 12.1 Å². The molecule has 1 atom stereocenters. The van der Waals surface area contributed by atoms with Crippen molar-refractivity contribution in [2.75, 3.05) is 31.1 Å². The predicted molar refractivity (Wildman–Crippen MR) is 86.9 cm³/mol. The third kappa shape index (κ3) is 2.50. The van der Waals surface area contributed by atoms with Gasteiger partial charge < -0.3 is 9.64 Å². The first kappa shape index (κ1) is 15.4. The van der Waals surface area contributed by atoms with Gasteiger partial charge in [0, 0.05) is 19.6 Å². The third-order valence-corrected chi connectivity index (χ3v) is 6.30. The van der Waals surface area contributed by atoms with E-state index in [9.17, 15) is 8.42 Å². The van der Waals surface area contributed by atoms with Crippen LogP contribution in [-0.4, -0.2) is 45.0 Å². The molecule has 2 aliphatic heterocycles. The number of benzene rings is 1. The summed E-state index contributed by atoms with van der Waals surface area (Å²) in [5.74, 6) is 0.461. The highest BCUT2D eigenvalue weighted by Crippen LogP contribution is 2.39. The molecule has 1 saturated heterocycles. The van der Waals surface area contributed by atoms with Crippen molar-refractivity contribution >= 4 is 15.7 Å². The zero-order chi connectivity index (χ0) is 15.7. The number of ether oxygens (including phenoxy) is 1. The Morgan fingerprint density at radius 3 is 2.77 bits per heavy atom. The van der Waals surface area contributed by atoms with Gasteiger partial charge in [-0.15, -0.1) is 6.58 Å². The van der Waals surface area contributed by atoms with Gasteiger partial charge in [0.25, 0.3) is 0 Å². The number of nitrogens with zero attached hydrogens (tertiary/aromatic N) is 2. The summed E-state index contributed by atoms with van der Waals surface area (Å²) in [6.07, 6.45) is 3.81. The number of sulfonamides is 1. The van der Waals surface area contributed by atoms with Crippen molar-refractivity contribution in [1.82, 2.24) is 4.31 Å². The standard InChI is InChI=1S/C16H22N2O3S/c1-3-9-18-13(2)12-21-15-8-6-7-14(16(15)22(18,19)20)17-10-4-5-11-17/h3,6-8,13H,1,4-5,9-12H2,2H3/t13-/m1/s1. The van der Waals surface area contributed by atoms with Crippen LogP contribution in [0.5, 0.6) is 5.75 Å².